The van der Waals surface area contributed by atoms with Crippen LogP contribution < -0.4 is 5.32 Å². The average Bonchev–Trinajstić information content (AvgIpc) is 2.43. The molecule has 0 spiro atoms. The van der Waals surface area contributed by atoms with Crippen LogP contribution in [0.1, 0.15) is 32.4 Å². The molecule has 1 rings (SSSR count). The molecule has 0 amide bonds. The molecule has 0 aliphatic heterocycles. The Morgan fingerprint density at radius 1 is 1.10 bits per heavy atom. The zero-order chi connectivity index (χ0) is 14.8. The summed E-state index contributed by atoms with van der Waals surface area (Å²) in [5.74, 6) is 0. The highest BCUT2D eigenvalue weighted by molar-refractivity contribution is 5.43. The SMILES string of the molecule is CCCNc1ccnc(CN(CCC)CCN(C)C)c1. The highest BCUT2D eigenvalue weighted by atomic mass is 15.2. The van der Waals surface area contributed by atoms with Crippen LogP contribution in [0.25, 0.3) is 0 Å². The van der Waals surface area contributed by atoms with Crippen LogP contribution in [-0.2, 0) is 6.54 Å². The first-order chi connectivity index (χ1) is 9.65. The van der Waals surface area contributed by atoms with Gasteiger partial charge >= 0.3 is 0 Å². The lowest BCUT2D eigenvalue weighted by Gasteiger charge is -2.23. The summed E-state index contributed by atoms with van der Waals surface area (Å²) in [6.07, 6.45) is 4.23. The summed E-state index contributed by atoms with van der Waals surface area (Å²) < 4.78 is 0. The van der Waals surface area contributed by atoms with Crippen molar-refractivity contribution in [2.75, 3.05) is 45.6 Å². The molecule has 0 unspecified atom stereocenters. The molecular weight excluding hydrogens is 248 g/mol. The summed E-state index contributed by atoms with van der Waals surface area (Å²) in [4.78, 5) is 9.21. The Bertz CT molecular complexity index is 365. The molecule has 4 nitrogen and oxygen atoms in total. The molecular formula is C16H30N4. The Hall–Kier alpha value is -1.13. The van der Waals surface area contributed by atoms with Crippen molar-refractivity contribution in [3.8, 4) is 0 Å². The number of pyridine rings is 1. The number of nitrogens with one attached hydrogen (secondary N) is 1. The molecule has 1 aromatic rings. The van der Waals surface area contributed by atoms with Gasteiger partial charge in [0.25, 0.3) is 0 Å². The Morgan fingerprint density at radius 2 is 1.90 bits per heavy atom. The molecule has 0 saturated carbocycles. The number of rotatable bonds is 10. The van der Waals surface area contributed by atoms with Crippen LogP contribution in [0, 0.1) is 0 Å². The fourth-order valence-corrected chi connectivity index (χ4v) is 2.10. The standard InChI is InChI=1S/C16H30N4/c1-5-8-17-15-7-9-18-16(13-15)14-20(10-6-2)12-11-19(3)4/h7,9,13H,5-6,8,10-12,14H2,1-4H3,(H,17,18). The fraction of sp³-hybridized carbons (Fsp3) is 0.688. The van der Waals surface area contributed by atoms with E-state index in [1.807, 2.05) is 12.3 Å². The molecule has 0 aliphatic carbocycles. The van der Waals surface area contributed by atoms with E-state index in [0.29, 0.717) is 0 Å². The van der Waals surface area contributed by atoms with Gasteiger partial charge in [-0.2, -0.15) is 0 Å². The van der Waals surface area contributed by atoms with Crippen LogP contribution in [0.4, 0.5) is 5.69 Å². The second kappa shape index (κ2) is 9.72. The molecule has 0 bridgehead atoms. The third kappa shape index (κ3) is 6.87. The third-order valence-electron chi connectivity index (χ3n) is 3.18. The number of aromatic nitrogens is 1. The van der Waals surface area contributed by atoms with E-state index in [1.54, 1.807) is 0 Å². The van der Waals surface area contributed by atoms with E-state index in [2.05, 4.69) is 54.1 Å². The Labute approximate surface area is 124 Å². The Morgan fingerprint density at radius 3 is 2.55 bits per heavy atom. The van der Waals surface area contributed by atoms with E-state index < -0.39 is 0 Å². The lowest BCUT2D eigenvalue weighted by atomic mass is 10.2. The van der Waals surface area contributed by atoms with E-state index in [-0.39, 0.29) is 0 Å². The summed E-state index contributed by atoms with van der Waals surface area (Å²) in [6.45, 7) is 9.67. The number of nitrogens with zero attached hydrogens (tertiary/aromatic N) is 3. The normalized spacial score (nSPS) is 11.3. The lowest BCUT2D eigenvalue weighted by Crippen LogP contribution is -2.32. The van der Waals surface area contributed by atoms with Crippen LogP contribution in [0.3, 0.4) is 0 Å². The van der Waals surface area contributed by atoms with Gasteiger partial charge in [-0.05, 0) is 45.6 Å². The monoisotopic (exact) mass is 278 g/mol. The maximum absolute atomic E-state index is 4.50. The van der Waals surface area contributed by atoms with Crippen molar-refractivity contribution >= 4 is 5.69 Å². The molecule has 20 heavy (non-hydrogen) atoms. The molecule has 4 heteroatoms. The van der Waals surface area contributed by atoms with E-state index in [4.69, 9.17) is 0 Å². The van der Waals surface area contributed by atoms with Crippen LogP contribution >= 0.6 is 0 Å². The van der Waals surface area contributed by atoms with Gasteiger partial charge in [0, 0.05) is 38.1 Å². The van der Waals surface area contributed by atoms with Gasteiger partial charge in [-0.1, -0.05) is 13.8 Å². The number of hydrogen-bond donors (Lipinski definition) is 1. The molecule has 1 aromatic heterocycles. The van der Waals surface area contributed by atoms with Crippen LogP contribution in [0.2, 0.25) is 0 Å². The first-order valence-corrected chi connectivity index (χ1v) is 7.71. The summed E-state index contributed by atoms with van der Waals surface area (Å²) >= 11 is 0. The predicted octanol–water partition coefficient (Wildman–Crippen LogP) is 2.68. The van der Waals surface area contributed by atoms with Crippen molar-refractivity contribution in [1.82, 2.24) is 14.8 Å². The molecule has 114 valence electrons. The minimum atomic E-state index is 0.934. The molecule has 0 aromatic carbocycles. The van der Waals surface area contributed by atoms with Crippen molar-refractivity contribution in [2.24, 2.45) is 0 Å². The zero-order valence-corrected chi connectivity index (χ0v) is 13.5. The number of likely N-dealkylation sites (N-methyl/N-ethyl adjacent to an activating group) is 1. The van der Waals surface area contributed by atoms with Gasteiger partial charge in [0.2, 0.25) is 0 Å². The van der Waals surface area contributed by atoms with Crippen molar-refractivity contribution in [2.45, 2.75) is 33.2 Å². The summed E-state index contributed by atoms with van der Waals surface area (Å²) in [5.41, 5.74) is 2.33. The first-order valence-electron chi connectivity index (χ1n) is 7.71. The van der Waals surface area contributed by atoms with Crippen molar-refractivity contribution in [3.05, 3.63) is 24.0 Å². The minimum Gasteiger partial charge on any atom is -0.385 e. The minimum absolute atomic E-state index is 0.934. The second-order valence-corrected chi connectivity index (χ2v) is 5.54. The smallest absolute Gasteiger partial charge is 0.0564 e. The van der Waals surface area contributed by atoms with Crippen LogP contribution in [0.15, 0.2) is 18.3 Å². The van der Waals surface area contributed by atoms with E-state index >= 15 is 0 Å². The van der Waals surface area contributed by atoms with E-state index in [1.165, 1.54) is 12.1 Å². The van der Waals surface area contributed by atoms with E-state index in [9.17, 15) is 0 Å². The molecule has 1 N–H and O–H groups in total. The topological polar surface area (TPSA) is 31.4 Å². The average molecular weight is 278 g/mol. The van der Waals surface area contributed by atoms with Crippen molar-refractivity contribution < 1.29 is 0 Å². The molecule has 0 atom stereocenters. The van der Waals surface area contributed by atoms with Gasteiger partial charge in [-0.3, -0.25) is 9.88 Å². The summed E-state index contributed by atoms with van der Waals surface area (Å²) in [6, 6.07) is 4.22. The third-order valence-corrected chi connectivity index (χ3v) is 3.18. The van der Waals surface area contributed by atoms with Gasteiger partial charge in [-0.25, -0.2) is 0 Å². The lowest BCUT2D eigenvalue weighted by molar-refractivity contribution is 0.232. The van der Waals surface area contributed by atoms with Gasteiger partial charge in [0.15, 0.2) is 0 Å². The number of anilines is 1. The van der Waals surface area contributed by atoms with Gasteiger partial charge < -0.3 is 10.2 Å². The Balaban J connectivity index is 2.57. The quantitative estimate of drug-likeness (QED) is 0.713. The van der Waals surface area contributed by atoms with Gasteiger partial charge in [0.1, 0.15) is 0 Å². The van der Waals surface area contributed by atoms with E-state index in [0.717, 1.165) is 44.8 Å². The maximum atomic E-state index is 4.50. The van der Waals surface area contributed by atoms with Gasteiger partial charge in [0.05, 0.1) is 5.69 Å². The maximum Gasteiger partial charge on any atom is 0.0564 e. The van der Waals surface area contributed by atoms with Crippen LogP contribution in [0.5, 0.6) is 0 Å². The highest BCUT2D eigenvalue weighted by Gasteiger charge is 2.07. The predicted molar refractivity (Wildman–Crippen MR) is 87.1 cm³/mol. The van der Waals surface area contributed by atoms with Crippen molar-refractivity contribution in [1.29, 1.82) is 0 Å². The molecule has 0 aliphatic rings. The van der Waals surface area contributed by atoms with Crippen LogP contribution in [-0.4, -0.2) is 55.1 Å². The fourth-order valence-electron chi connectivity index (χ4n) is 2.10. The molecule has 1 heterocycles. The van der Waals surface area contributed by atoms with Gasteiger partial charge in [-0.15, -0.1) is 0 Å². The second-order valence-electron chi connectivity index (χ2n) is 5.54. The van der Waals surface area contributed by atoms with Crippen molar-refractivity contribution in [3.63, 3.8) is 0 Å². The summed E-state index contributed by atoms with van der Waals surface area (Å²) in [5, 5.41) is 3.42. The summed E-state index contributed by atoms with van der Waals surface area (Å²) in [7, 11) is 4.25. The molecule has 0 radical (unpaired) electrons. The zero-order valence-electron chi connectivity index (χ0n) is 13.5. The molecule has 0 fully saturated rings. The highest BCUT2D eigenvalue weighted by Crippen LogP contribution is 2.10. The first kappa shape index (κ1) is 16.9. The molecule has 0 saturated heterocycles. The Kier molecular flexibility index (Phi) is 8.23. The largest absolute Gasteiger partial charge is 0.385 e. The number of hydrogen-bond acceptors (Lipinski definition) is 4.